The highest BCUT2D eigenvalue weighted by Gasteiger charge is 2.44. The molecule has 0 bridgehead atoms. The molecular weight excluding hydrogens is 885 g/mol. The van der Waals surface area contributed by atoms with Gasteiger partial charge in [0.25, 0.3) is 5.91 Å². The van der Waals surface area contributed by atoms with E-state index in [-0.39, 0.29) is 62.7 Å². The summed E-state index contributed by atoms with van der Waals surface area (Å²) in [7, 11) is 0. The third-order valence-corrected chi connectivity index (χ3v) is 12.8. The Bertz CT molecular complexity index is 2470. The van der Waals surface area contributed by atoms with E-state index >= 15 is 0 Å². The van der Waals surface area contributed by atoms with Gasteiger partial charge in [-0.3, -0.25) is 23.9 Å². The van der Waals surface area contributed by atoms with Crippen molar-refractivity contribution in [3.05, 3.63) is 113 Å². The Morgan fingerprint density at radius 3 is 2.22 bits per heavy atom. The molecule has 2 aromatic heterocycles. The van der Waals surface area contributed by atoms with Crippen LogP contribution >= 0.6 is 11.3 Å². The number of nitrogens with two attached hydrogens (primary N) is 1. The van der Waals surface area contributed by atoms with Crippen molar-refractivity contribution in [3.8, 4) is 10.4 Å². The highest BCUT2D eigenvalue weighted by molar-refractivity contribution is 7.13. The number of unbranched alkanes of at least 4 members (excludes halogenated alkanes) is 6. The molecule has 0 aliphatic carbocycles. The maximum Gasteiger partial charge on any atom is 0.407 e. The lowest BCUT2D eigenvalue weighted by Gasteiger charge is -2.35. The molecule has 18 heteroatoms. The first kappa shape index (κ1) is 50.7. The van der Waals surface area contributed by atoms with Crippen molar-refractivity contribution in [2.75, 3.05) is 17.6 Å². The van der Waals surface area contributed by atoms with Crippen LogP contribution in [0.1, 0.15) is 111 Å². The molecule has 362 valence electrons. The van der Waals surface area contributed by atoms with E-state index in [2.05, 4.69) is 36.6 Å². The van der Waals surface area contributed by atoms with E-state index in [0.717, 1.165) is 65.8 Å². The Balaban J connectivity index is 0.816. The molecule has 1 aliphatic heterocycles. The first-order chi connectivity index (χ1) is 32.6. The van der Waals surface area contributed by atoms with Gasteiger partial charge in [-0.25, -0.2) is 9.78 Å². The molecule has 0 radical (unpaired) electrons. The number of carbonyl (C=O) groups excluding carboxylic acids is 5. The number of likely N-dealkylation sites (tertiary alicyclic amines) is 1. The summed E-state index contributed by atoms with van der Waals surface area (Å²) in [6, 6.07) is 20.1. The smallest absolute Gasteiger partial charge is 0.407 e. The minimum Gasteiger partial charge on any atom is -0.443 e. The van der Waals surface area contributed by atoms with Crippen molar-refractivity contribution in [2.45, 2.75) is 130 Å². The minimum atomic E-state index is -0.863. The minimum absolute atomic E-state index is 0.0211. The fourth-order valence-corrected chi connectivity index (χ4v) is 8.73. The number of alkyl carbamates (subject to hydrolysis) is 1. The number of ether oxygens (including phenoxy) is 1. The number of nitrogens with zero attached hydrogens (tertiary/aromatic N) is 5. The predicted octanol–water partition coefficient (Wildman–Crippen LogP) is 6.90. The molecule has 6 rings (SSSR count). The van der Waals surface area contributed by atoms with Crippen molar-refractivity contribution in [1.29, 1.82) is 0 Å². The monoisotopic (exact) mass is 948 g/mol. The third-order valence-electron chi connectivity index (χ3n) is 11.8. The molecule has 0 unspecified atom stereocenters. The number of nitrogen functional groups attached to an aromatic ring is 1. The molecule has 0 saturated carbocycles. The van der Waals surface area contributed by atoms with Gasteiger partial charge in [-0.05, 0) is 66.1 Å². The van der Waals surface area contributed by atoms with Crippen LogP contribution in [0, 0.1) is 12.3 Å². The first-order valence-electron chi connectivity index (χ1n) is 23.2. The average molecular weight is 949 g/mol. The normalized spacial score (nSPS) is 15.1. The van der Waals surface area contributed by atoms with E-state index in [0.29, 0.717) is 35.6 Å². The maximum absolute atomic E-state index is 14.0. The number of benzene rings is 3. The summed E-state index contributed by atoms with van der Waals surface area (Å²) in [4.78, 5) is 72.3. The number of aliphatic hydroxyl groups is 1. The van der Waals surface area contributed by atoms with Gasteiger partial charge in [-0.1, -0.05) is 107 Å². The van der Waals surface area contributed by atoms with Crippen LogP contribution in [0.3, 0.4) is 0 Å². The average Bonchev–Trinajstić information content (AvgIpc) is 4.08. The second-order valence-corrected chi connectivity index (χ2v) is 19.2. The number of hydrogen-bond donors (Lipinski definition) is 6. The molecular formula is C50H64N10O7S. The van der Waals surface area contributed by atoms with Gasteiger partial charge in [0, 0.05) is 44.6 Å². The number of carbonyl (C=O) groups is 5. The van der Waals surface area contributed by atoms with Crippen LogP contribution in [0.5, 0.6) is 0 Å². The molecule has 3 heterocycles. The zero-order valence-electron chi connectivity index (χ0n) is 39.3. The van der Waals surface area contributed by atoms with Gasteiger partial charge < -0.3 is 41.7 Å². The van der Waals surface area contributed by atoms with Crippen LogP contribution in [0.25, 0.3) is 10.4 Å². The van der Waals surface area contributed by atoms with Gasteiger partial charge in [0.05, 0.1) is 39.8 Å². The van der Waals surface area contributed by atoms with Gasteiger partial charge in [-0.15, -0.1) is 16.4 Å². The van der Waals surface area contributed by atoms with Crippen molar-refractivity contribution in [3.63, 3.8) is 0 Å². The SMILES string of the molecule is Cc1ncsc1-c1ccc(CNC(=O)[C@@H]2C[C@@H](O)CN2C(=O)[C@@H](NC(=O)CCCCCCCCCn2cc(COC(=O)NCc3ccc(C(=O)Nc4ccccc4N)cc3)nn2)C(C)(C)C)cc1. The van der Waals surface area contributed by atoms with Crippen LogP contribution < -0.4 is 27.0 Å². The zero-order chi connectivity index (χ0) is 48.6. The number of para-hydroxylation sites is 2. The van der Waals surface area contributed by atoms with E-state index in [4.69, 9.17) is 10.5 Å². The summed E-state index contributed by atoms with van der Waals surface area (Å²) in [5.74, 6) is -1.22. The largest absolute Gasteiger partial charge is 0.443 e. The van der Waals surface area contributed by atoms with E-state index in [1.54, 1.807) is 70.7 Å². The topological polar surface area (TPSA) is 236 Å². The highest BCUT2D eigenvalue weighted by Crippen LogP contribution is 2.29. The van der Waals surface area contributed by atoms with E-state index < -0.39 is 29.7 Å². The molecule has 0 spiro atoms. The standard InChI is InChI=1S/C50H64N10O7S/c1-33-44(68-32-54-33)36-21-17-34(18-22-36)27-52-47(64)42-26-39(61)30-60(42)48(65)45(50(2,3)4)56-43(62)16-10-8-6-5-7-9-13-25-59-29-38(57-58-59)31-67-49(66)53-28-35-19-23-37(24-20-35)46(63)55-41-15-12-11-14-40(41)51/h11-12,14-15,17-24,29,32,39,42,45,61H,5-10,13,16,25-28,30-31,51H2,1-4H3,(H,52,64)(H,53,66)(H,55,63)(H,56,62)/t39-,42+,45-/m1/s1. The number of anilines is 2. The number of rotatable bonds is 22. The molecule has 5 aromatic rings. The van der Waals surface area contributed by atoms with Gasteiger partial charge >= 0.3 is 6.09 Å². The second-order valence-electron chi connectivity index (χ2n) is 18.3. The summed E-state index contributed by atoms with van der Waals surface area (Å²) in [5.41, 5.74) is 12.8. The van der Waals surface area contributed by atoms with E-state index in [1.807, 2.05) is 57.5 Å². The number of thiazole rings is 1. The number of aliphatic hydroxyl groups excluding tert-OH is 1. The summed E-state index contributed by atoms with van der Waals surface area (Å²) < 4.78 is 7.05. The van der Waals surface area contributed by atoms with Crippen molar-refractivity contribution in [1.82, 2.24) is 40.8 Å². The van der Waals surface area contributed by atoms with E-state index in [9.17, 15) is 29.1 Å². The third kappa shape index (κ3) is 14.9. The Morgan fingerprint density at radius 1 is 0.882 bits per heavy atom. The maximum atomic E-state index is 14.0. The van der Waals surface area contributed by atoms with Crippen LogP contribution in [0.2, 0.25) is 0 Å². The summed E-state index contributed by atoms with van der Waals surface area (Å²) in [6.45, 7) is 8.80. The van der Waals surface area contributed by atoms with Gasteiger partial charge in [0.2, 0.25) is 17.7 Å². The van der Waals surface area contributed by atoms with E-state index in [1.165, 1.54) is 4.90 Å². The molecule has 3 atom stereocenters. The first-order valence-corrected chi connectivity index (χ1v) is 24.1. The molecule has 5 amide bonds. The Kier molecular flexibility index (Phi) is 18.2. The summed E-state index contributed by atoms with van der Waals surface area (Å²) in [6.07, 6.45) is 7.26. The van der Waals surface area contributed by atoms with Crippen LogP contribution in [0.15, 0.2) is 84.5 Å². The van der Waals surface area contributed by atoms with Gasteiger partial charge in [-0.2, -0.15) is 0 Å². The number of β-amino-alcohol motifs (C(OH)–C–C–N with tert-alkyl or cyclic N) is 1. The number of amides is 5. The lowest BCUT2D eigenvalue weighted by Crippen LogP contribution is -2.57. The fraction of sp³-hybridized carbons (Fsp3) is 0.440. The van der Waals surface area contributed by atoms with Crippen LogP contribution in [-0.4, -0.2) is 84.4 Å². The van der Waals surface area contributed by atoms with Crippen molar-refractivity contribution >= 4 is 52.4 Å². The lowest BCUT2D eigenvalue weighted by atomic mass is 9.85. The molecule has 3 aromatic carbocycles. The van der Waals surface area contributed by atoms with Gasteiger partial charge in [0.15, 0.2) is 0 Å². The Hall–Kier alpha value is -6.66. The number of hydrogen-bond acceptors (Lipinski definition) is 12. The van der Waals surface area contributed by atoms with Crippen LogP contribution in [-0.2, 0) is 45.4 Å². The molecule has 1 fully saturated rings. The number of aryl methyl sites for hydroxylation is 2. The lowest BCUT2D eigenvalue weighted by molar-refractivity contribution is -0.144. The van der Waals surface area contributed by atoms with Gasteiger partial charge in [0.1, 0.15) is 24.4 Å². The summed E-state index contributed by atoms with van der Waals surface area (Å²) >= 11 is 1.58. The molecule has 1 aliphatic rings. The van der Waals surface area contributed by atoms with Crippen LogP contribution in [0.4, 0.5) is 16.2 Å². The number of nitrogens with one attached hydrogen (secondary N) is 4. The molecule has 68 heavy (non-hydrogen) atoms. The molecule has 7 N–H and O–H groups in total. The summed E-state index contributed by atoms with van der Waals surface area (Å²) in [5, 5.41) is 30.2. The number of aromatic nitrogens is 4. The Morgan fingerprint density at radius 2 is 1.54 bits per heavy atom. The fourth-order valence-electron chi connectivity index (χ4n) is 7.91. The molecule has 1 saturated heterocycles. The Labute approximate surface area is 401 Å². The zero-order valence-corrected chi connectivity index (χ0v) is 40.1. The second kappa shape index (κ2) is 24.4. The van der Waals surface area contributed by atoms with Crippen molar-refractivity contribution < 1.29 is 33.8 Å². The molecule has 17 nitrogen and oxygen atoms in total. The predicted molar refractivity (Wildman–Crippen MR) is 261 cm³/mol. The quantitative estimate of drug-likeness (QED) is 0.0308. The highest BCUT2D eigenvalue weighted by atomic mass is 32.1. The van der Waals surface area contributed by atoms with Crippen molar-refractivity contribution in [2.24, 2.45) is 5.41 Å².